The Morgan fingerprint density at radius 1 is 1.09 bits per heavy atom. The molecule has 1 fully saturated rings. The third-order valence-corrected chi connectivity index (χ3v) is 5.74. The fourth-order valence-corrected chi connectivity index (χ4v) is 4.22. The van der Waals surface area contributed by atoms with Gasteiger partial charge < -0.3 is 15.0 Å². The number of anilines is 1. The Balaban J connectivity index is 1.72. The molecule has 0 spiro atoms. The summed E-state index contributed by atoms with van der Waals surface area (Å²) in [5.41, 5.74) is 3.81. The van der Waals surface area contributed by atoms with Crippen molar-refractivity contribution in [3.63, 3.8) is 0 Å². The van der Waals surface area contributed by atoms with Gasteiger partial charge in [-0.05, 0) is 56.3 Å². The molecule has 1 N–H and O–H groups in total. The molecule has 0 aliphatic carbocycles. The van der Waals surface area contributed by atoms with Crippen molar-refractivity contribution < 1.29 is 9.13 Å². The standard InChI is InChI=1S/C24H25FN6O/c1-24(2)15-30(13-12-27-24)21-9-8-20-28-22(16-4-6-17(25)7-5-16)23(31(20)29-21)18-10-11-26-14-19(18)32-3/h4-11,14,27H,12-13,15H2,1-3H3. The highest BCUT2D eigenvalue weighted by atomic mass is 19.1. The number of pyridine rings is 1. The molecular weight excluding hydrogens is 407 g/mol. The van der Waals surface area contributed by atoms with Crippen molar-refractivity contribution in [2.45, 2.75) is 19.4 Å². The van der Waals surface area contributed by atoms with E-state index in [4.69, 9.17) is 14.8 Å². The van der Waals surface area contributed by atoms with Crippen LogP contribution in [0.5, 0.6) is 5.75 Å². The summed E-state index contributed by atoms with van der Waals surface area (Å²) >= 11 is 0. The van der Waals surface area contributed by atoms with Crippen LogP contribution in [-0.4, -0.2) is 51.9 Å². The molecule has 0 amide bonds. The van der Waals surface area contributed by atoms with Gasteiger partial charge in [0.2, 0.25) is 0 Å². The van der Waals surface area contributed by atoms with Crippen molar-refractivity contribution in [2.24, 2.45) is 0 Å². The summed E-state index contributed by atoms with van der Waals surface area (Å²) in [7, 11) is 1.61. The monoisotopic (exact) mass is 432 g/mol. The Hall–Kier alpha value is -3.52. The Labute approximate surface area is 185 Å². The number of aromatic nitrogens is 4. The van der Waals surface area contributed by atoms with Crippen LogP contribution in [0.15, 0.2) is 54.9 Å². The van der Waals surface area contributed by atoms with Crippen molar-refractivity contribution in [3.05, 3.63) is 60.7 Å². The highest BCUT2D eigenvalue weighted by Gasteiger charge is 2.27. The van der Waals surface area contributed by atoms with E-state index in [1.54, 1.807) is 31.6 Å². The SMILES string of the molecule is COc1cnccc1-c1c(-c2ccc(F)cc2)nc2ccc(N3CCNC(C)(C)C3)nn12. The summed E-state index contributed by atoms with van der Waals surface area (Å²) in [6.07, 6.45) is 3.39. The van der Waals surface area contributed by atoms with Gasteiger partial charge in [-0.2, -0.15) is 0 Å². The van der Waals surface area contributed by atoms with Crippen molar-refractivity contribution in [1.82, 2.24) is 24.9 Å². The average molecular weight is 433 g/mol. The molecule has 1 aliphatic heterocycles. The summed E-state index contributed by atoms with van der Waals surface area (Å²) in [5.74, 6) is 1.21. The highest BCUT2D eigenvalue weighted by Crippen LogP contribution is 2.37. The molecule has 0 bridgehead atoms. The second-order valence-electron chi connectivity index (χ2n) is 8.59. The lowest BCUT2D eigenvalue weighted by atomic mass is 10.0. The normalized spacial score (nSPS) is 15.8. The van der Waals surface area contributed by atoms with Crippen LogP contribution in [0.1, 0.15) is 13.8 Å². The average Bonchev–Trinajstić information content (AvgIpc) is 3.17. The zero-order valence-corrected chi connectivity index (χ0v) is 18.3. The van der Waals surface area contributed by atoms with E-state index < -0.39 is 0 Å². The lowest BCUT2D eigenvalue weighted by molar-refractivity contribution is 0.351. The van der Waals surface area contributed by atoms with Crippen molar-refractivity contribution in [3.8, 4) is 28.3 Å². The van der Waals surface area contributed by atoms with Crippen LogP contribution in [-0.2, 0) is 0 Å². The molecule has 1 saturated heterocycles. The molecule has 4 heterocycles. The maximum Gasteiger partial charge on any atom is 0.155 e. The van der Waals surface area contributed by atoms with Gasteiger partial charge in [0.25, 0.3) is 0 Å². The van der Waals surface area contributed by atoms with E-state index in [9.17, 15) is 4.39 Å². The molecule has 3 aromatic heterocycles. The summed E-state index contributed by atoms with van der Waals surface area (Å²) in [4.78, 5) is 11.3. The van der Waals surface area contributed by atoms with Gasteiger partial charge in [-0.1, -0.05) is 0 Å². The Morgan fingerprint density at radius 3 is 2.66 bits per heavy atom. The van der Waals surface area contributed by atoms with Gasteiger partial charge in [-0.25, -0.2) is 13.9 Å². The Bertz CT molecular complexity index is 1270. The molecule has 0 atom stereocenters. The largest absolute Gasteiger partial charge is 0.494 e. The topological polar surface area (TPSA) is 67.6 Å². The number of methoxy groups -OCH3 is 1. The lowest BCUT2D eigenvalue weighted by Gasteiger charge is -2.39. The molecule has 164 valence electrons. The lowest BCUT2D eigenvalue weighted by Crippen LogP contribution is -2.57. The smallest absolute Gasteiger partial charge is 0.155 e. The van der Waals surface area contributed by atoms with Crippen molar-refractivity contribution in [2.75, 3.05) is 31.6 Å². The zero-order valence-electron chi connectivity index (χ0n) is 18.3. The van der Waals surface area contributed by atoms with E-state index in [0.29, 0.717) is 17.1 Å². The summed E-state index contributed by atoms with van der Waals surface area (Å²) in [6, 6.07) is 12.2. The number of ether oxygens (including phenoxy) is 1. The van der Waals surface area contributed by atoms with Crippen LogP contribution in [0.4, 0.5) is 10.2 Å². The minimum Gasteiger partial charge on any atom is -0.494 e. The van der Waals surface area contributed by atoms with E-state index in [1.807, 2.05) is 22.7 Å². The quantitative estimate of drug-likeness (QED) is 0.529. The second-order valence-corrected chi connectivity index (χ2v) is 8.59. The predicted molar refractivity (Wildman–Crippen MR) is 122 cm³/mol. The van der Waals surface area contributed by atoms with Crippen LogP contribution >= 0.6 is 0 Å². The molecular formula is C24H25FN6O. The maximum absolute atomic E-state index is 13.6. The van der Waals surface area contributed by atoms with E-state index >= 15 is 0 Å². The summed E-state index contributed by atoms with van der Waals surface area (Å²) in [5, 5.41) is 8.52. The van der Waals surface area contributed by atoms with Crippen LogP contribution < -0.4 is 15.0 Å². The van der Waals surface area contributed by atoms with E-state index in [-0.39, 0.29) is 11.4 Å². The Kier molecular flexibility index (Phi) is 5.01. The number of imidazole rings is 1. The number of benzene rings is 1. The molecule has 1 aliphatic rings. The van der Waals surface area contributed by atoms with E-state index in [1.165, 1.54) is 12.1 Å². The highest BCUT2D eigenvalue weighted by molar-refractivity contribution is 5.84. The predicted octanol–water partition coefficient (Wildman–Crippen LogP) is 3.79. The number of nitrogens with zero attached hydrogens (tertiary/aromatic N) is 5. The number of halogens is 1. The van der Waals surface area contributed by atoms with Crippen molar-refractivity contribution in [1.29, 1.82) is 0 Å². The number of nitrogens with one attached hydrogen (secondary N) is 1. The van der Waals surface area contributed by atoms with Crippen LogP contribution in [0.25, 0.3) is 28.2 Å². The molecule has 5 rings (SSSR count). The number of rotatable bonds is 4. The van der Waals surface area contributed by atoms with Crippen LogP contribution in [0.3, 0.4) is 0 Å². The molecule has 7 nitrogen and oxygen atoms in total. The van der Waals surface area contributed by atoms with Gasteiger partial charge in [0, 0.05) is 42.5 Å². The molecule has 8 heteroatoms. The van der Waals surface area contributed by atoms with E-state index in [0.717, 1.165) is 42.3 Å². The van der Waals surface area contributed by atoms with Gasteiger partial charge in [-0.15, -0.1) is 5.10 Å². The van der Waals surface area contributed by atoms with Crippen molar-refractivity contribution >= 4 is 11.5 Å². The molecule has 4 aromatic rings. The minimum absolute atomic E-state index is 0.000245. The third kappa shape index (κ3) is 3.67. The fraction of sp³-hybridized carbons (Fsp3) is 0.292. The molecule has 1 aromatic carbocycles. The number of hydrogen-bond donors (Lipinski definition) is 1. The van der Waals surface area contributed by atoms with Gasteiger partial charge in [0.15, 0.2) is 5.65 Å². The van der Waals surface area contributed by atoms with Crippen LogP contribution in [0, 0.1) is 5.82 Å². The molecule has 0 saturated carbocycles. The van der Waals surface area contributed by atoms with Gasteiger partial charge in [0.1, 0.15) is 23.1 Å². The van der Waals surface area contributed by atoms with E-state index in [2.05, 4.69) is 29.0 Å². The maximum atomic E-state index is 13.6. The third-order valence-electron chi connectivity index (χ3n) is 5.74. The Morgan fingerprint density at radius 2 is 1.91 bits per heavy atom. The minimum atomic E-state index is -0.290. The van der Waals surface area contributed by atoms with Gasteiger partial charge >= 0.3 is 0 Å². The number of hydrogen-bond acceptors (Lipinski definition) is 6. The first-order chi connectivity index (χ1) is 15.4. The first-order valence-electron chi connectivity index (χ1n) is 10.6. The van der Waals surface area contributed by atoms with Crippen LogP contribution in [0.2, 0.25) is 0 Å². The molecule has 32 heavy (non-hydrogen) atoms. The summed E-state index contributed by atoms with van der Waals surface area (Å²) in [6.45, 7) is 6.99. The summed E-state index contributed by atoms with van der Waals surface area (Å²) < 4.78 is 21.0. The first-order valence-corrected chi connectivity index (χ1v) is 10.6. The molecule has 0 unspecified atom stereocenters. The first kappa shape index (κ1) is 20.4. The molecule has 0 radical (unpaired) electrons. The van der Waals surface area contributed by atoms with Gasteiger partial charge in [-0.3, -0.25) is 4.98 Å². The fourth-order valence-electron chi connectivity index (χ4n) is 4.22. The zero-order chi connectivity index (χ0) is 22.3. The number of piperazine rings is 1. The number of fused-ring (bicyclic) bond motifs is 1. The second kappa shape index (κ2) is 7.87. The van der Waals surface area contributed by atoms with Gasteiger partial charge in [0.05, 0.1) is 19.0 Å².